The molecule has 0 saturated heterocycles. The Hall–Kier alpha value is 0.0643. The molecule has 0 nitrogen and oxygen atoms in total. The molecule has 0 radical (unpaired) electrons. The summed E-state index contributed by atoms with van der Waals surface area (Å²) >= 11 is 0. The van der Waals surface area contributed by atoms with Crippen molar-refractivity contribution in [2.75, 3.05) is 0 Å². The van der Waals surface area contributed by atoms with Crippen molar-refractivity contribution in [2.45, 2.75) is 13.8 Å². The summed E-state index contributed by atoms with van der Waals surface area (Å²) in [6, 6.07) is 10.0. The maximum Gasteiger partial charge on any atom is 2.00 e. The van der Waals surface area contributed by atoms with Crippen molar-refractivity contribution in [1.29, 1.82) is 0 Å². The molecule has 1 rings (SSSR count). The van der Waals surface area contributed by atoms with Crippen LogP contribution in [0.3, 0.4) is 0 Å². The van der Waals surface area contributed by atoms with E-state index in [4.69, 9.17) is 0 Å². The van der Waals surface area contributed by atoms with E-state index in [0.717, 1.165) is 0 Å². The molecular formula is C8H12Ti. The second-order valence-electron chi connectivity index (χ2n) is 1.54. The standard InChI is InChI=1S/C5H5.C3H7.Ti/c1-2-4-5-3-1;1-3-2;/h1-5H;3H,1-2H3;/q2*-1;+2. The van der Waals surface area contributed by atoms with Crippen LogP contribution < -0.4 is 0 Å². The van der Waals surface area contributed by atoms with Crippen LogP contribution in [0.1, 0.15) is 13.8 Å². The topological polar surface area (TPSA) is 0 Å². The molecule has 0 aliphatic carbocycles. The Kier molecular flexibility index (Phi) is 14.4. The average Bonchev–Trinajstić information content (AvgIpc) is 2.17. The van der Waals surface area contributed by atoms with E-state index >= 15 is 0 Å². The Bertz CT molecular complexity index is 71.5. The van der Waals surface area contributed by atoms with Gasteiger partial charge in [-0.25, -0.2) is 12.1 Å². The number of rotatable bonds is 0. The minimum Gasteiger partial charge on any atom is -0.335 e. The van der Waals surface area contributed by atoms with Gasteiger partial charge in [0, 0.05) is 0 Å². The van der Waals surface area contributed by atoms with Crippen LogP contribution in [-0.2, 0) is 21.7 Å². The third kappa shape index (κ3) is 11.6. The fourth-order valence-corrected chi connectivity index (χ4v) is 0.321. The van der Waals surface area contributed by atoms with Crippen LogP contribution in [0.15, 0.2) is 30.3 Å². The molecule has 1 aromatic carbocycles. The summed E-state index contributed by atoms with van der Waals surface area (Å²) in [4.78, 5) is 0. The predicted octanol–water partition coefficient (Wildman–Crippen LogP) is 2.63. The van der Waals surface area contributed by atoms with E-state index in [2.05, 4.69) is 0 Å². The van der Waals surface area contributed by atoms with E-state index in [0.29, 0.717) is 0 Å². The molecule has 0 spiro atoms. The maximum absolute atomic E-state index is 2.00. The van der Waals surface area contributed by atoms with Crippen molar-refractivity contribution in [3.8, 4) is 0 Å². The molecule has 0 fully saturated rings. The van der Waals surface area contributed by atoms with Crippen molar-refractivity contribution in [2.24, 2.45) is 0 Å². The predicted molar refractivity (Wildman–Crippen MR) is 37.7 cm³/mol. The molecule has 0 aliphatic rings. The summed E-state index contributed by atoms with van der Waals surface area (Å²) in [6.45, 7) is 4.00. The Labute approximate surface area is 72.5 Å². The number of hydrogen-bond acceptors (Lipinski definition) is 0. The zero-order valence-electron chi connectivity index (χ0n) is 5.96. The van der Waals surface area contributed by atoms with Gasteiger partial charge in [-0.2, -0.15) is 32.0 Å². The van der Waals surface area contributed by atoms with Gasteiger partial charge in [0.05, 0.1) is 0 Å². The van der Waals surface area contributed by atoms with Gasteiger partial charge in [-0.3, -0.25) is 0 Å². The van der Waals surface area contributed by atoms with Crippen LogP contribution in [0.4, 0.5) is 0 Å². The third-order valence-corrected chi connectivity index (χ3v) is 0.556. The smallest absolute Gasteiger partial charge is 0.335 e. The second-order valence-corrected chi connectivity index (χ2v) is 1.54. The molecule has 0 amide bonds. The van der Waals surface area contributed by atoms with Gasteiger partial charge in [0.1, 0.15) is 0 Å². The van der Waals surface area contributed by atoms with Crippen LogP contribution in [0.2, 0.25) is 0 Å². The van der Waals surface area contributed by atoms with Crippen molar-refractivity contribution in [3.05, 3.63) is 36.8 Å². The van der Waals surface area contributed by atoms with Gasteiger partial charge < -0.3 is 6.42 Å². The van der Waals surface area contributed by atoms with Crippen LogP contribution in [0, 0.1) is 6.42 Å². The van der Waals surface area contributed by atoms with Crippen LogP contribution >= 0.6 is 0 Å². The zero-order chi connectivity index (χ0) is 6.24. The van der Waals surface area contributed by atoms with Crippen molar-refractivity contribution >= 4 is 0 Å². The molecule has 1 heteroatoms. The van der Waals surface area contributed by atoms with Gasteiger partial charge in [-0.1, -0.05) is 0 Å². The largest absolute Gasteiger partial charge is 2.00 e. The summed E-state index contributed by atoms with van der Waals surface area (Å²) in [6.07, 6.45) is 2.00. The summed E-state index contributed by atoms with van der Waals surface area (Å²) in [5.74, 6) is 0. The fraction of sp³-hybridized carbons (Fsp3) is 0.250. The van der Waals surface area contributed by atoms with E-state index in [-0.39, 0.29) is 21.7 Å². The summed E-state index contributed by atoms with van der Waals surface area (Å²) in [5.41, 5.74) is 0. The molecule has 48 valence electrons. The molecule has 0 N–H and O–H groups in total. The monoisotopic (exact) mass is 156 g/mol. The average molecular weight is 156 g/mol. The molecular weight excluding hydrogens is 144 g/mol. The minimum absolute atomic E-state index is 0. The molecule has 0 aromatic heterocycles. The Morgan fingerprint density at radius 2 is 1.44 bits per heavy atom. The summed E-state index contributed by atoms with van der Waals surface area (Å²) in [5, 5.41) is 0. The molecule has 0 aliphatic heterocycles. The first-order valence-electron chi connectivity index (χ1n) is 2.82. The van der Waals surface area contributed by atoms with E-state index in [9.17, 15) is 0 Å². The van der Waals surface area contributed by atoms with Crippen molar-refractivity contribution in [3.63, 3.8) is 0 Å². The van der Waals surface area contributed by atoms with Gasteiger partial charge in [0.2, 0.25) is 0 Å². The second kappa shape index (κ2) is 10.9. The van der Waals surface area contributed by atoms with Gasteiger partial charge in [-0.15, -0.1) is 0 Å². The summed E-state index contributed by atoms with van der Waals surface area (Å²) < 4.78 is 0. The quantitative estimate of drug-likeness (QED) is 0.400. The third-order valence-electron chi connectivity index (χ3n) is 0.556. The first-order chi connectivity index (χ1) is 3.91. The minimum atomic E-state index is 0. The molecule has 0 heterocycles. The van der Waals surface area contributed by atoms with Crippen LogP contribution in [0.5, 0.6) is 0 Å². The van der Waals surface area contributed by atoms with Crippen LogP contribution in [-0.4, -0.2) is 0 Å². The van der Waals surface area contributed by atoms with Crippen molar-refractivity contribution < 1.29 is 21.7 Å². The maximum atomic E-state index is 2.00. The first kappa shape index (κ1) is 11.8. The fourth-order valence-electron chi connectivity index (χ4n) is 0.321. The molecule has 0 unspecified atom stereocenters. The molecule has 1 aromatic rings. The molecule has 0 bridgehead atoms. The first-order valence-corrected chi connectivity index (χ1v) is 2.82. The molecule has 0 saturated carbocycles. The Morgan fingerprint density at radius 1 is 1.11 bits per heavy atom. The van der Waals surface area contributed by atoms with Crippen LogP contribution in [0.25, 0.3) is 0 Å². The molecule has 0 atom stereocenters. The zero-order valence-corrected chi connectivity index (χ0v) is 7.53. The van der Waals surface area contributed by atoms with E-state index in [1.807, 2.05) is 50.6 Å². The van der Waals surface area contributed by atoms with Gasteiger partial charge in [0.25, 0.3) is 0 Å². The normalized spacial score (nSPS) is 6.44. The Balaban J connectivity index is 0. The van der Waals surface area contributed by atoms with E-state index < -0.39 is 0 Å². The SMILES string of the molecule is C[CH-]C.[Ti+2].c1cc[cH-]c1. The van der Waals surface area contributed by atoms with Gasteiger partial charge in [-0.05, 0) is 0 Å². The molecule has 9 heavy (non-hydrogen) atoms. The van der Waals surface area contributed by atoms with Crippen molar-refractivity contribution in [1.82, 2.24) is 0 Å². The van der Waals surface area contributed by atoms with Gasteiger partial charge >= 0.3 is 21.7 Å². The number of hydrogen-bond donors (Lipinski definition) is 0. The van der Waals surface area contributed by atoms with E-state index in [1.54, 1.807) is 0 Å². The van der Waals surface area contributed by atoms with Gasteiger partial charge in [0.15, 0.2) is 0 Å². The summed E-state index contributed by atoms with van der Waals surface area (Å²) in [7, 11) is 0. The van der Waals surface area contributed by atoms with E-state index in [1.165, 1.54) is 0 Å². The Morgan fingerprint density at radius 3 is 1.56 bits per heavy atom.